The Morgan fingerprint density at radius 1 is 1.45 bits per heavy atom. The smallest absolute Gasteiger partial charge is 0.246 e. The summed E-state index contributed by atoms with van der Waals surface area (Å²) in [5, 5.41) is 0. The van der Waals surface area contributed by atoms with Crippen LogP contribution in [0.2, 0.25) is 0 Å². The number of hydrogen-bond donors (Lipinski definition) is 1. The lowest BCUT2D eigenvalue weighted by atomic mass is 10.4. The van der Waals surface area contributed by atoms with Gasteiger partial charge in [-0.3, -0.25) is 4.79 Å². The van der Waals surface area contributed by atoms with E-state index in [9.17, 15) is 4.79 Å². The summed E-state index contributed by atoms with van der Waals surface area (Å²) in [7, 11) is 0. The summed E-state index contributed by atoms with van der Waals surface area (Å²) < 4.78 is 0. The first-order valence-electron chi connectivity index (χ1n) is 4.00. The van der Waals surface area contributed by atoms with Crippen LogP contribution in [0.4, 0.5) is 0 Å². The van der Waals surface area contributed by atoms with Crippen LogP contribution in [0.5, 0.6) is 0 Å². The summed E-state index contributed by atoms with van der Waals surface area (Å²) in [6.07, 6.45) is 5.54. The van der Waals surface area contributed by atoms with Crippen LogP contribution in [0.1, 0.15) is 12.8 Å². The van der Waals surface area contributed by atoms with E-state index >= 15 is 0 Å². The molecule has 0 bridgehead atoms. The molecule has 11 heavy (non-hydrogen) atoms. The number of rotatable bonds is 2. The fourth-order valence-electron chi connectivity index (χ4n) is 1.21. The van der Waals surface area contributed by atoms with E-state index < -0.39 is 0 Å². The van der Waals surface area contributed by atoms with Crippen LogP contribution in [0.15, 0.2) is 12.2 Å². The fraction of sp³-hybridized carbons (Fsp3) is 0.625. The highest BCUT2D eigenvalue weighted by Gasteiger charge is 2.14. The highest BCUT2D eigenvalue weighted by Crippen LogP contribution is 2.07. The van der Waals surface area contributed by atoms with Crippen molar-refractivity contribution in [3.8, 4) is 0 Å². The third-order valence-electron chi connectivity index (χ3n) is 1.81. The highest BCUT2D eigenvalue weighted by molar-refractivity contribution is 5.87. The van der Waals surface area contributed by atoms with Crippen molar-refractivity contribution in [3.05, 3.63) is 12.2 Å². The van der Waals surface area contributed by atoms with Crippen LogP contribution in [0.3, 0.4) is 0 Å². The van der Waals surface area contributed by atoms with Gasteiger partial charge in [0.15, 0.2) is 0 Å². The summed E-state index contributed by atoms with van der Waals surface area (Å²) in [4.78, 5) is 13.0. The van der Waals surface area contributed by atoms with Crippen molar-refractivity contribution in [2.24, 2.45) is 5.73 Å². The number of nitrogens with two attached hydrogens (primary N) is 1. The number of hydrogen-bond acceptors (Lipinski definition) is 2. The Labute approximate surface area is 66.9 Å². The molecule has 3 nitrogen and oxygen atoms in total. The zero-order chi connectivity index (χ0) is 8.10. The molecule has 1 fully saturated rings. The van der Waals surface area contributed by atoms with E-state index in [2.05, 4.69) is 0 Å². The lowest BCUT2D eigenvalue weighted by Gasteiger charge is -2.11. The van der Waals surface area contributed by atoms with Crippen LogP contribution in [0, 0.1) is 0 Å². The molecular weight excluding hydrogens is 140 g/mol. The Morgan fingerprint density at radius 2 is 2.09 bits per heavy atom. The van der Waals surface area contributed by atoms with Crippen LogP contribution in [-0.4, -0.2) is 30.4 Å². The quantitative estimate of drug-likeness (QED) is 0.574. The van der Waals surface area contributed by atoms with Gasteiger partial charge in [0.1, 0.15) is 0 Å². The topological polar surface area (TPSA) is 46.3 Å². The first-order chi connectivity index (χ1) is 5.34. The number of nitrogens with zero attached hydrogens (tertiary/aromatic N) is 1. The minimum absolute atomic E-state index is 0.105. The largest absolute Gasteiger partial charge is 0.339 e. The van der Waals surface area contributed by atoms with Gasteiger partial charge in [0.25, 0.3) is 0 Å². The Morgan fingerprint density at radius 3 is 2.64 bits per heavy atom. The molecule has 0 aliphatic carbocycles. The summed E-state index contributed by atoms with van der Waals surface area (Å²) >= 11 is 0. The van der Waals surface area contributed by atoms with Crippen LogP contribution < -0.4 is 5.73 Å². The number of amides is 1. The predicted molar refractivity (Wildman–Crippen MR) is 44.0 cm³/mol. The third kappa shape index (κ3) is 2.35. The van der Waals surface area contributed by atoms with Crippen molar-refractivity contribution in [1.82, 2.24) is 4.90 Å². The lowest BCUT2D eigenvalue weighted by Crippen LogP contribution is -2.25. The van der Waals surface area contributed by atoms with Crippen molar-refractivity contribution in [2.75, 3.05) is 19.6 Å². The molecule has 1 rings (SSSR count). The highest BCUT2D eigenvalue weighted by atomic mass is 16.2. The molecule has 1 heterocycles. The molecule has 62 valence electrons. The molecule has 0 unspecified atom stereocenters. The first kappa shape index (κ1) is 8.27. The van der Waals surface area contributed by atoms with E-state index in [-0.39, 0.29) is 5.91 Å². The van der Waals surface area contributed by atoms with Crippen LogP contribution >= 0.6 is 0 Å². The van der Waals surface area contributed by atoms with E-state index in [1.807, 2.05) is 4.90 Å². The molecule has 1 aliphatic heterocycles. The molecule has 3 heteroatoms. The molecule has 1 aliphatic rings. The van der Waals surface area contributed by atoms with E-state index in [0.717, 1.165) is 25.9 Å². The fourth-order valence-corrected chi connectivity index (χ4v) is 1.21. The molecule has 1 saturated heterocycles. The summed E-state index contributed by atoms with van der Waals surface area (Å²) in [5.74, 6) is 0.105. The van der Waals surface area contributed by atoms with Crippen molar-refractivity contribution in [1.29, 1.82) is 0 Å². The molecule has 0 aromatic carbocycles. The van der Waals surface area contributed by atoms with Gasteiger partial charge in [-0.15, -0.1) is 0 Å². The minimum atomic E-state index is 0.105. The number of carbonyl (C=O) groups excluding carboxylic acids is 1. The van der Waals surface area contributed by atoms with Gasteiger partial charge in [0, 0.05) is 25.7 Å². The Bertz CT molecular complexity index is 159. The zero-order valence-electron chi connectivity index (χ0n) is 6.62. The Hall–Kier alpha value is -0.830. The van der Waals surface area contributed by atoms with Gasteiger partial charge in [-0.1, -0.05) is 6.08 Å². The van der Waals surface area contributed by atoms with Gasteiger partial charge >= 0.3 is 0 Å². The zero-order valence-corrected chi connectivity index (χ0v) is 6.62. The second-order valence-corrected chi connectivity index (χ2v) is 2.67. The molecule has 2 N–H and O–H groups in total. The number of carbonyl (C=O) groups is 1. The Kier molecular flexibility index (Phi) is 3.11. The van der Waals surface area contributed by atoms with E-state index in [1.165, 1.54) is 0 Å². The molecule has 0 radical (unpaired) electrons. The maximum absolute atomic E-state index is 11.2. The van der Waals surface area contributed by atoms with E-state index in [4.69, 9.17) is 5.73 Å². The first-order valence-corrected chi connectivity index (χ1v) is 4.00. The molecule has 0 atom stereocenters. The molecule has 1 amide bonds. The number of likely N-dealkylation sites (tertiary alicyclic amines) is 1. The van der Waals surface area contributed by atoms with Crippen molar-refractivity contribution >= 4 is 5.91 Å². The average molecular weight is 154 g/mol. The monoisotopic (exact) mass is 154 g/mol. The average Bonchev–Trinajstić information content (AvgIpc) is 2.52. The SMILES string of the molecule is NCC=CC(=O)N1CCCC1. The van der Waals surface area contributed by atoms with Gasteiger partial charge in [-0.05, 0) is 12.8 Å². The lowest BCUT2D eigenvalue weighted by molar-refractivity contribution is -0.125. The normalized spacial score (nSPS) is 18.1. The van der Waals surface area contributed by atoms with Gasteiger partial charge in [-0.25, -0.2) is 0 Å². The minimum Gasteiger partial charge on any atom is -0.339 e. The van der Waals surface area contributed by atoms with E-state index in [0.29, 0.717) is 6.54 Å². The molecule has 0 aromatic heterocycles. The molecule has 0 saturated carbocycles. The molecular formula is C8H14N2O. The van der Waals surface area contributed by atoms with Crippen molar-refractivity contribution in [3.63, 3.8) is 0 Å². The maximum atomic E-state index is 11.2. The van der Waals surface area contributed by atoms with Gasteiger partial charge in [0.05, 0.1) is 0 Å². The van der Waals surface area contributed by atoms with Gasteiger partial charge in [0.2, 0.25) is 5.91 Å². The standard InChI is InChI=1S/C8H14N2O/c9-5-3-4-8(11)10-6-1-2-7-10/h3-4H,1-2,5-7,9H2. The maximum Gasteiger partial charge on any atom is 0.246 e. The van der Waals surface area contributed by atoms with Crippen molar-refractivity contribution in [2.45, 2.75) is 12.8 Å². The van der Waals surface area contributed by atoms with E-state index in [1.54, 1.807) is 12.2 Å². The van der Waals surface area contributed by atoms with Crippen LogP contribution in [0.25, 0.3) is 0 Å². The third-order valence-corrected chi connectivity index (χ3v) is 1.81. The summed E-state index contributed by atoms with van der Waals surface area (Å²) in [5.41, 5.74) is 5.22. The molecule has 0 aromatic rings. The summed E-state index contributed by atoms with van der Waals surface area (Å²) in [6, 6.07) is 0. The second-order valence-electron chi connectivity index (χ2n) is 2.67. The Balaban J connectivity index is 2.34. The van der Waals surface area contributed by atoms with Gasteiger partial charge in [-0.2, -0.15) is 0 Å². The predicted octanol–water partition coefficient (Wildman–Crippen LogP) is 0.124. The summed E-state index contributed by atoms with van der Waals surface area (Å²) in [6.45, 7) is 2.26. The molecule has 0 spiro atoms. The second kappa shape index (κ2) is 4.13. The van der Waals surface area contributed by atoms with Crippen molar-refractivity contribution < 1.29 is 4.79 Å². The van der Waals surface area contributed by atoms with Crippen LogP contribution in [-0.2, 0) is 4.79 Å². The van der Waals surface area contributed by atoms with Gasteiger partial charge < -0.3 is 10.6 Å².